The van der Waals surface area contributed by atoms with Crippen LogP contribution in [0.4, 0.5) is 5.69 Å². The van der Waals surface area contributed by atoms with Gasteiger partial charge in [0.15, 0.2) is 5.58 Å². The van der Waals surface area contributed by atoms with Gasteiger partial charge in [0.05, 0.1) is 16.3 Å². The summed E-state index contributed by atoms with van der Waals surface area (Å²) in [6.07, 6.45) is 4.18. The Morgan fingerprint density at radius 3 is 2.83 bits per heavy atom. The maximum Gasteiger partial charge on any atom is 0.257 e. The molecule has 0 aliphatic rings. The summed E-state index contributed by atoms with van der Waals surface area (Å²) in [5, 5.41) is 3.25. The highest BCUT2D eigenvalue weighted by atomic mass is 35.5. The molecule has 1 N–H and O–H groups in total. The molecule has 0 aliphatic heterocycles. The lowest BCUT2D eigenvalue weighted by molar-refractivity contribution is 0.102. The number of aromatic nitrogens is 2. The van der Waals surface area contributed by atoms with E-state index in [1.54, 1.807) is 30.5 Å². The third-order valence-corrected chi connectivity index (χ3v) is 5.31. The molecule has 2 aromatic heterocycles. The Balaban J connectivity index is 1.65. The zero-order chi connectivity index (χ0) is 20.4. The van der Waals surface area contributed by atoms with Crippen molar-refractivity contribution in [2.45, 2.75) is 26.2 Å². The summed E-state index contributed by atoms with van der Waals surface area (Å²) in [6, 6.07) is 14.8. The van der Waals surface area contributed by atoms with Crippen LogP contribution >= 0.6 is 11.6 Å². The molecule has 2 heterocycles. The number of amides is 1. The van der Waals surface area contributed by atoms with Crippen molar-refractivity contribution in [1.82, 2.24) is 9.97 Å². The van der Waals surface area contributed by atoms with Crippen molar-refractivity contribution in [3.8, 4) is 11.5 Å². The number of hydrogen-bond acceptors (Lipinski definition) is 4. The quantitative estimate of drug-likeness (QED) is 0.422. The number of anilines is 1. The molecule has 1 amide bonds. The monoisotopic (exact) mass is 405 g/mol. The van der Waals surface area contributed by atoms with E-state index in [1.807, 2.05) is 12.1 Å². The van der Waals surface area contributed by atoms with E-state index in [1.165, 1.54) is 11.8 Å². The van der Waals surface area contributed by atoms with E-state index in [0.717, 1.165) is 23.1 Å². The molecular formula is C23H20ClN3O2. The number of halogens is 1. The van der Waals surface area contributed by atoms with Crippen LogP contribution in [0.1, 0.15) is 42.1 Å². The molecule has 4 rings (SSSR count). The summed E-state index contributed by atoms with van der Waals surface area (Å²) in [5.74, 6) is 0.659. The molecule has 5 nitrogen and oxygen atoms in total. The topological polar surface area (TPSA) is 68.0 Å². The van der Waals surface area contributed by atoms with Gasteiger partial charge in [0.25, 0.3) is 5.91 Å². The van der Waals surface area contributed by atoms with Gasteiger partial charge in [-0.1, -0.05) is 31.5 Å². The van der Waals surface area contributed by atoms with E-state index in [2.05, 4.69) is 41.3 Å². The second-order valence-corrected chi connectivity index (χ2v) is 7.35. The molecule has 6 heteroatoms. The molecule has 29 heavy (non-hydrogen) atoms. The number of nitrogens with one attached hydrogen (secondary N) is 1. The second-order valence-electron chi connectivity index (χ2n) is 6.95. The fourth-order valence-electron chi connectivity index (χ4n) is 3.06. The van der Waals surface area contributed by atoms with Gasteiger partial charge in [-0.25, -0.2) is 4.98 Å². The van der Waals surface area contributed by atoms with E-state index in [9.17, 15) is 4.79 Å². The number of pyridine rings is 1. The standard InChI is InChI=1S/C23H20ClN3O2/c1-3-14(2)15-7-9-21-20(11-15)27-23(29-21)16-6-8-18(24)19(12-16)26-22(28)17-5-4-10-25-13-17/h4-14H,3H2,1-2H3,(H,26,28)/t14-/m0/s1. The van der Waals surface area contributed by atoms with Crippen LogP contribution in [0.3, 0.4) is 0 Å². The first-order valence-corrected chi connectivity index (χ1v) is 9.84. The Morgan fingerprint density at radius 1 is 1.21 bits per heavy atom. The van der Waals surface area contributed by atoms with Gasteiger partial charge < -0.3 is 9.73 Å². The molecule has 0 fully saturated rings. The number of fused-ring (bicyclic) bond motifs is 1. The van der Waals surface area contributed by atoms with Gasteiger partial charge in [0.2, 0.25) is 5.89 Å². The molecule has 0 saturated carbocycles. The Morgan fingerprint density at radius 2 is 2.07 bits per heavy atom. The smallest absolute Gasteiger partial charge is 0.257 e. The first kappa shape index (κ1) is 19.2. The Hall–Kier alpha value is -3.18. The summed E-state index contributed by atoms with van der Waals surface area (Å²) >= 11 is 6.28. The molecule has 1 atom stereocenters. The lowest BCUT2D eigenvalue weighted by atomic mass is 9.98. The van der Waals surface area contributed by atoms with Crippen LogP contribution in [0.25, 0.3) is 22.6 Å². The van der Waals surface area contributed by atoms with Crippen LogP contribution in [-0.2, 0) is 0 Å². The van der Waals surface area contributed by atoms with E-state index >= 15 is 0 Å². The molecule has 0 spiro atoms. The fourth-order valence-corrected chi connectivity index (χ4v) is 3.22. The highest BCUT2D eigenvalue weighted by Gasteiger charge is 2.14. The van der Waals surface area contributed by atoms with E-state index in [0.29, 0.717) is 28.1 Å². The lowest BCUT2D eigenvalue weighted by Crippen LogP contribution is -2.12. The van der Waals surface area contributed by atoms with Gasteiger partial charge >= 0.3 is 0 Å². The summed E-state index contributed by atoms with van der Waals surface area (Å²) in [6.45, 7) is 4.36. The minimum absolute atomic E-state index is 0.284. The van der Waals surface area contributed by atoms with E-state index in [-0.39, 0.29) is 5.91 Å². The number of carbonyl (C=O) groups excluding carboxylic acids is 1. The number of oxazole rings is 1. The minimum Gasteiger partial charge on any atom is -0.436 e. The van der Waals surface area contributed by atoms with Crippen LogP contribution in [-0.4, -0.2) is 15.9 Å². The molecule has 0 radical (unpaired) electrons. The zero-order valence-electron chi connectivity index (χ0n) is 16.1. The van der Waals surface area contributed by atoms with Crippen molar-refractivity contribution in [2.24, 2.45) is 0 Å². The van der Waals surface area contributed by atoms with Crippen LogP contribution in [0.5, 0.6) is 0 Å². The Kier molecular flexibility index (Phi) is 5.32. The summed E-state index contributed by atoms with van der Waals surface area (Å²) < 4.78 is 5.93. The molecule has 4 aromatic rings. The minimum atomic E-state index is -0.284. The van der Waals surface area contributed by atoms with E-state index < -0.39 is 0 Å². The number of nitrogens with zero attached hydrogens (tertiary/aromatic N) is 2. The van der Waals surface area contributed by atoms with Crippen LogP contribution < -0.4 is 5.32 Å². The number of hydrogen-bond donors (Lipinski definition) is 1. The molecular weight excluding hydrogens is 386 g/mol. The molecule has 2 aromatic carbocycles. The molecule has 146 valence electrons. The van der Waals surface area contributed by atoms with Crippen molar-refractivity contribution in [1.29, 1.82) is 0 Å². The van der Waals surface area contributed by atoms with Crippen LogP contribution in [0, 0.1) is 0 Å². The van der Waals surface area contributed by atoms with Crippen molar-refractivity contribution in [3.05, 3.63) is 77.1 Å². The molecule has 0 aliphatic carbocycles. The third-order valence-electron chi connectivity index (χ3n) is 4.98. The maximum absolute atomic E-state index is 12.4. The fraction of sp³-hybridized carbons (Fsp3) is 0.174. The summed E-state index contributed by atoms with van der Waals surface area (Å²) in [5.41, 5.74) is 4.45. The average Bonchev–Trinajstić information content (AvgIpc) is 3.18. The Bertz CT molecular complexity index is 1170. The predicted octanol–water partition coefficient (Wildman–Crippen LogP) is 6.31. The van der Waals surface area contributed by atoms with Gasteiger partial charge in [-0.2, -0.15) is 0 Å². The normalized spacial score (nSPS) is 12.1. The molecule has 0 unspecified atom stereocenters. The number of carbonyl (C=O) groups is 1. The summed E-state index contributed by atoms with van der Waals surface area (Å²) in [7, 11) is 0. The van der Waals surface area contributed by atoms with Crippen molar-refractivity contribution in [2.75, 3.05) is 5.32 Å². The lowest BCUT2D eigenvalue weighted by Gasteiger charge is -2.08. The molecule has 0 bridgehead atoms. The number of rotatable bonds is 5. The first-order chi connectivity index (χ1) is 14.0. The van der Waals surface area contributed by atoms with Crippen molar-refractivity contribution >= 4 is 34.3 Å². The highest BCUT2D eigenvalue weighted by molar-refractivity contribution is 6.34. The van der Waals surface area contributed by atoms with E-state index in [4.69, 9.17) is 16.0 Å². The van der Waals surface area contributed by atoms with Gasteiger partial charge in [0, 0.05) is 18.0 Å². The highest BCUT2D eigenvalue weighted by Crippen LogP contribution is 2.32. The van der Waals surface area contributed by atoms with Crippen LogP contribution in [0.15, 0.2) is 65.3 Å². The third kappa shape index (κ3) is 4.00. The van der Waals surface area contributed by atoms with Crippen LogP contribution in [0.2, 0.25) is 5.02 Å². The largest absolute Gasteiger partial charge is 0.436 e. The summed E-state index contributed by atoms with van der Waals surface area (Å²) in [4.78, 5) is 21.0. The van der Waals surface area contributed by atoms with Gasteiger partial charge in [-0.15, -0.1) is 0 Å². The van der Waals surface area contributed by atoms with Crippen molar-refractivity contribution in [3.63, 3.8) is 0 Å². The number of benzene rings is 2. The maximum atomic E-state index is 12.4. The zero-order valence-corrected chi connectivity index (χ0v) is 16.9. The predicted molar refractivity (Wildman–Crippen MR) is 115 cm³/mol. The Labute approximate surface area is 173 Å². The first-order valence-electron chi connectivity index (χ1n) is 9.47. The average molecular weight is 406 g/mol. The van der Waals surface area contributed by atoms with Gasteiger partial charge in [-0.05, 0) is 60.4 Å². The van der Waals surface area contributed by atoms with Crippen molar-refractivity contribution < 1.29 is 9.21 Å². The second kappa shape index (κ2) is 8.05. The van der Waals surface area contributed by atoms with Gasteiger partial charge in [-0.3, -0.25) is 9.78 Å². The molecule has 0 saturated heterocycles. The van der Waals surface area contributed by atoms with Gasteiger partial charge in [0.1, 0.15) is 5.52 Å². The SMILES string of the molecule is CC[C@H](C)c1ccc2oc(-c3ccc(Cl)c(NC(=O)c4cccnc4)c3)nc2c1.